The minimum absolute atomic E-state index is 0.217. The molecule has 0 aliphatic carbocycles. The van der Waals surface area contributed by atoms with E-state index in [1.165, 1.54) is 17.6 Å². The van der Waals surface area contributed by atoms with E-state index in [4.69, 9.17) is 0 Å². The largest absolute Gasteiger partial charge is 0.224 e. The molecule has 0 saturated heterocycles. The first-order chi connectivity index (χ1) is 8.91. The first-order valence-electron chi connectivity index (χ1n) is 5.69. The fourth-order valence-electron chi connectivity index (χ4n) is 1.50. The summed E-state index contributed by atoms with van der Waals surface area (Å²) in [7, 11) is -3.15. The van der Waals surface area contributed by atoms with Crippen molar-refractivity contribution >= 4 is 37.1 Å². The molecule has 1 unspecified atom stereocenters. The molecule has 2 rings (SSSR count). The van der Waals surface area contributed by atoms with Crippen LogP contribution in [0, 0.1) is 0 Å². The summed E-state index contributed by atoms with van der Waals surface area (Å²) < 4.78 is 22.8. The first-order valence-corrected chi connectivity index (χ1v) is 9.32. The van der Waals surface area contributed by atoms with Crippen LogP contribution < -0.4 is 0 Å². The molecule has 102 valence electrons. The van der Waals surface area contributed by atoms with Gasteiger partial charge in [0.25, 0.3) is 0 Å². The molecule has 1 atom stereocenters. The van der Waals surface area contributed by atoms with Gasteiger partial charge in [-0.1, -0.05) is 46.3 Å². The minimum atomic E-state index is -3.15. The van der Waals surface area contributed by atoms with E-state index < -0.39 is 9.84 Å². The van der Waals surface area contributed by atoms with Gasteiger partial charge < -0.3 is 0 Å². The lowest BCUT2D eigenvalue weighted by atomic mass is 10.2. The topological polar surface area (TPSA) is 59.9 Å². The van der Waals surface area contributed by atoms with Crippen LogP contribution in [0.25, 0.3) is 10.6 Å². The van der Waals surface area contributed by atoms with Gasteiger partial charge in [-0.05, 0) is 18.6 Å². The third-order valence-electron chi connectivity index (χ3n) is 2.60. The first kappa shape index (κ1) is 14.6. The van der Waals surface area contributed by atoms with Crippen molar-refractivity contribution in [3.05, 3.63) is 29.3 Å². The number of aromatic nitrogens is 2. The van der Waals surface area contributed by atoms with Gasteiger partial charge in [0.15, 0.2) is 9.84 Å². The Morgan fingerprint density at radius 3 is 2.42 bits per heavy atom. The van der Waals surface area contributed by atoms with E-state index in [0.29, 0.717) is 4.90 Å². The highest BCUT2D eigenvalue weighted by Gasteiger charge is 2.13. The minimum Gasteiger partial charge on any atom is -0.224 e. The molecule has 19 heavy (non-hydrogen) atoms. The molecule has 0 N–H and O–H groups in total. The maximum atomic E-state index is 11.4. The van der Waals surface area contributed by atoms with Gasteiger partial charge in [-0.25, -0.2) is 8.42 Å². The second kappa shape index (κ2) is 5.68. The monoisotopic (exact) mass is 360 g/mol. The number of rotatable bonds is 4. The number of sulfone groups is 1. The van der Waals surface area contributed by atoms with E-state index >= 15 is 0 Å². The smallest absolute Gasteiger partial charge is 0.175 e. The maximum Gasteiger partial charge on any atom is 0.175 e. The Kier molecular flexibility index (Phi) is 4.37. The lowest BCUT2D eigenvalue weighted by Gasteiger charge is -2.00. The molecule has 1 aromatic carbocycles. The van der Waals surface area contributed by atoms with Crippen molar-refractivity contribution in [1.82, 2.24) is 10.2 Å². The van der Waals surface area contributed by atoms with Crippen molar-refractivity contribution in [2.24, 2.45) is 0 Å². The fraction of sp³-hybridized carbons (Fsp3) is 0.333. The Morgan fingerprint density at radius 1 is 1.26 bits per heavy atom. The molecule has 7 heteroatoms. The van der Waals surface area contributed by atoms with E-state index in [9.17, 15) is 8.42 Å². The summed E-state index contributed by atoms with van der Waals surface area (Å²) in [4.78, 5) is 0.530. The average Bonchev–Trinajstić information content (AvgIpc) is 2.86. The van der Waals surface area contributed by atoms with Crippen molar-refractivity contribution in [2.45, 2.75) is 23.1 Å². The van der Waals surface area contributed by atoms with Crippen molar-refractivity contribution in [1.29, 1.82) is 0 Å². The number of hydrogen-bond acceptors (Lipinski definition) is 5. The van der Waals surface area contributed by atoms with Gasteiger partial charge >= 0.3 is 0 Å². The molecule has 0 radical (unpaired) electrons. The third kappa shape index (κ3) is 3.40. The van der Waals surface area contributed by atoms with Crippen LogP contribution in [-0.2, 0) is 9.84 Å². The summed E-state index contributed by atoms with van der Waals surface area (Å²) in [5.41, 5.74) is 0.881. The highest BCUT2D eigenvalue weighted by atomic mass is 79.9. The van der Waals surface area contributed by atoms with Gasteiger partial charge in [-0.2, -0.15) is 0 Å². The van der Waals surface area contributed by atoms with Crippen LogP contribution in [0.3, 0.4) is 0 Å². The third-order valence-corrected chi connectivity index (χ3v) is 6.20. The molecule has 4 nitrogen and oxygen atoms in total. The van der Waals surface area contributed by atoms with Crippen LogP contribution in [0.2, 0.25) is 0 Å². The number of nitrogens with zero attached hydrogens (tertiary/aromatic N) is 2. The number of benzene rings is 1. The molecule has 0 aliphatic rings. The molecule has 1 heterocycles. The van der Waals surface area contributed by atoms with Crippen molar-refractivity contribution in [3.8, 4) is 10.6 Å². The summed E-state index contributed by atoms with van der Waals surface area (Å²) in [6, 6.07) is 6.71. The van der Waals surface area contributed by atoms with Crippen LogP contribution in [0.5, 0.6) is 0 Å². The lowest BCUT2D eigenvalue weighted by molar-refractivity contribution is 0.602. The highest BCUT2D eigenvalue weighted by molar-refractivity contribution is 9.09. The molecule has 0 fully saturated rings. The van der Waals surface area contributed by atoms with Crippen LogP contribution in [0.4, 0.5) is 0 Å². The summed E-state index contributed by atoms with van der Waals surface area (Å²) in [5, 5.41) is 10.0. The molecule has 0 spiro atoms. The van der Waals surface area contributed by atoms with E-state index in [1.807, 2.05) is 0 Å². The number of hydrogen-bond donors (Lipinski definition) is 0. The van der Waals surface area contributed by atoms with Gasteiger partial charge in [0.1, 0.15) is 10.0 Å². The van der Waals surface area contributed by atoms with Crippen LogP contribution in [0.15, 0.2) is 29.2 Å². The molecule has 0 amide bonds. The van der Waals surface area contributed by atoms with E-state index in [0.717, 1.165) is 22.0 Å². The molecule has 0 bridgehead atoms. The second-order valence-electron chi connectivity index (χ2n) is 4.12. The molecule has 0 saturated carbocycles. The van der Waals surface area contributed by atoms with Crippen molar-refractivity contribution in [2.75, 3.05) is 6.26 Å². The van der Waals surface area contributed by atoms with Crippen LogP contribution in [0.1, 0.15) is 23.2 Å². The predicted octanol–water partition coefficient (Wildman–Crippen LogP) is 3.45. The van der Waals surface area contributed by atoms with Gasteiger partial charge in [-0.3, -0.25) is 0 Å². The fourth-order valence-corrected chi connectivity index (χ4v) is 3.41. The number of halogens is 1. The molecule has 0 aliphatic heterocycles. The van der Waals surface area contributed by atoms with E-state index in [-0.39, 0.29) is 4.83 Å². The normalized spacial score (nSPS) is 13.4. The van der Waals surface area contributed by atoms with Gasteiger partial charge in [0.05, 0.1) is 9.72 Å². The Bertz CT molecular complexity index is 665. The predicted molar refractivity (Wildman–Crippen MR) is 80.4 cm³/mol. The standard InChI is InChI=1S/C12H13BrN2O2S2/c1-3-10(13)12-15-14-11(18-12)8-4-6-9(7-5-8)19(2,16)17/h4-7,10H,3H2,1-2H3. The molecule has 1 aromatic heterocycles. The zero-order valence-electron chi connectivity index (χ0n) is 10.5. The molecular formula is C12H13BrN2O2S2. The van der Waals surface area contributed by atoms with Crippen molar-refractivity contribution < 1.29 is 8.42 Å². The summed E-state index contributed by atoms with van der Waals surface area (Å²) in [6.07, 6.45) is 2.14. The molecular weight excluding hydrogens is 348 g/mol. The van der Waals surface area contributed by atoms with E-state index in [1.54, 1.807) is 24.3 Å². The second-order valence-corrected chi connectivity index (χ2v) is 8.25. The Hall–Kier alpha value is -0.790. The Labute approximate surface area is 124 Å². The zero-order valence-corrected chi connectivity index (χ0v) is 13.7. The van der Waals surface area contributed by atoms with E-state index in [2.05, 4.69) is 33.1 Å². The van der Waals surface area contributed by atoms with Gasteiger partial charge in [0, 0.05) is 11.8 Å². The average molecular weight is 361 g/mol. The van der Waals surface area contributed by atoms with Crippen molar-refractivity contribution in [3.63, 3.8) is 0 Å². The summed E-state index contributed by atoms with van der Waals surface area (Å²) in [5.74, 6) is 0. The van der Waals surface area contributed by atoms with Crippen LogP contribution >= 0.6 is 27.3 Å². The van der Waals surface area contributed by atoms with Gasteiger partial charge in [-0.15, -0.1) is 10.2 Å². The summed E-state index contributed by atoms with van der Waals surface area (Å²) >= 11 is 5.05. The maximum absolute atomic E-state index is 11.4. The quantitative estimate of drug-likeness (QED) is 0.783. The van der Waals surface area contributed by atoms with Gasteiger partial charge in [0.2, 0.25) is 0 Å². The SMILES string of the molecule is CCC(Br)c1nnc(-c2ccc(S(C)(=O)=O)cc2)s1. The Balaban J connectivity index is 2.30. The van der Waals surface area contributed by atoms with Crippen LogP contribution in [-0.4, -0.2) is 24.9 Å². The highest BCUT2D eigenvalue weighted by Crippen LogP contribution is 2.32. The Morgan fingerprint density at radius 2 is 1.89 bits per heavy atom. The number of alkyl halides is 1. The molecule has 2 aromatic rings. The summed E-state index contributed by atoms with van der Waals surface area (Å²) in [6.45, 7) is 2.07. The lowest BCUT2D eigenvalue weighted by Crippen LogP contribution is -1.96. The zero-order chi connectivity index (χ0) is 14.0.